The lowest BCUT2D eigenvalue weighted by Gasteiger charge is -2.09. The Balaban J connectivity index is 1.51. The van der Waals surface area contributed by atoms with E-state index in [1.807, 2.05) is 30.3 Å². The van der Waals surface area contributed by atoms with Gasteiger partial charge in [0.05, 0.1) is 0 Å². The van der Waals surface area contributed by atoms with Crippen LogP contribution in [0.2, 0.25) is 0 Å². The molecule has 5 heteroatoms. The minimum atomic E-state index is -0.0378. The maximum absolute atomic E-state index is 11.7. The average molecular weight is 303 g/mol. The van der Waals surface area contributed by atoms with Crippen LogP contribution in [-0.2, 0) is 16.1 Å². The first-order valence-electron chi connectivity index (χ1n) is 8.02. The molecule has 0 aliphatic carbocycles. The Morgan fingerprint density at radius 1 is 1.09 bits per heavy atom. The van der Waals surface area contributed by atoms with Gasteiger partial charge in [0.2, 0.25) is 11.8 Å². The van der Waals surface area contributed by atoms with E-state index in [2.05, 4.69) is 16.0 Å². The highest BCUT2D eigenvalue weighted by molar-refractivity contribution is 5.78. The molecule has 1 heterocycles. The number of benzene rings is 1. The van der Waals surface area contributed by atoms with Crippen LogP contribution in [0.5, 0.6) is 0 Å². The largest absolute Gasteiger partial charge is 0.356 e. The van der Waals surface area contributed by atoms with Crippen LogP contribution in [0.1, 0.15) is 31.2 Å². The Morgan fingerprint density at radius 3 is 2.59 bits per heavy atom. The van der Waals surface area contributed by atoms with Crippen LogP contribution in [0.15, 0.2) is 30.3 Å². The number of hydrogen-bond donors (Lipinski definition) is 3. The number of carbonyl (C=O) groups is 2. The Hall–Kier alpha value is -1.88. The second kappa shape index (κ2) is 9.20. The van der Waals surface area contributed by atoms with Crippen molar-refractivity contribution < 1.29 is 9.59 Å². The zero-order valence-electron chi connectivity index (χ0n) is 12.9. The number of hydrogen-bond acceptors (Lipinski definition) is 3. The molecule has 1 atom stereocenters. The van der Waals surface area contributed by atoms with Gasteiger partial charge in [-0.2, -0.15) is 0 Å². The van der Waals surface area contributed by atoms with Crippen LogP contribution in [0.3, 0.4) is 0 Å². The van der Waals surface area contributed by atoms with Gasteiger partial charge >= 0.3 is 0 Å². The van der Waals surface area contributed by atoms with E-state index in [-0.39, 0.29) is 11.8 Å². The molecule has 1 aliphatic heterocycles. The summed E-state index contributed by atoms with van der Waals surface area (Å²) in [6.07, 6.45) is 2.97. The molecule has 1 saturated heterocycles. The average Bonchev–Trinajstić information content (AvgIpc) is 3.05. The van der Waals surface area contributed by atoms with E-state index in [0.29, 0.717) is 31.8 Å². The first kappa shape index (κ1) is 16.5. The molecule has 22 heavy (non-hydrogen) atoms. The second-order valence-corrected chi connectivity index (χ2v) is 5.76. The SMILES string of the molecule is O=C(CCC1CCNC1)NCCC(=O)NCc1ccccc1. The third-order valence-electron chi connectivity index (χ3n) is 3.95. The Morgan fingerprint density at radius 2 is 1.86 bits per heavy atom. The number of rotatable bonds is 8. The van der Waals surface area contributed by atoms with E-state index in [0.717, 1.165) is 31.5 Å². The number of nitrogens with one attached hydrogen (secondary N) is 3. The van der Waals surface area contributed by atoms with E-state index < -0.39 is 0 Å². The summed E-state index contributed by atoms with van der Waals surface area (Å²) in [4.78, 5) is 23.4. The van der Waals surface area contributed by atoms with Crippen LogP contribution in [0.4, 0.5) is 0 Å². The molecule has 0 aromatic heterocycles. The van der Waals surface area contributed by atoms with E-state index in [1.165, 1.54) is 0 Å². The van der Waals surface area contributed by atoms with E-state index in [9.17, 15) is 9.59 Å². The van der Waals surface area contributed by atoms with Crippen molar-refractivity contribution in [2.45, 2.75) is 32.2 Å². The molecule has 3 N–H and O–H groups in total. The molecule has 1 aliphatic rings. The van der Waals surface area contributed by atoms with Crippen molar-refractivity contribution in [2.75, 3.05) is 19.6 Å². The molecular formula is C17H25N3O2. The Kier molecular flexibility index (Phi) is 6.90. The standard InChI is InChI=1S/C17H25N3O2/c21-16(7-6-15-8-10-18-12-15)19-11-9-17(22)20-13-14-4-2-1-3-5-14/h1-5,15,18H,6-13H2,(H,19,21)(H,20,22). The lowest BCUT2D eigenvalue weighted by Crippen LogP contribution is -2.30. The molecule has 2 rings (SSSR count). The summed E-state index contributed by atoms with van der Waals surface area (Å²) in [6.45, 7) is 3.02. The lowest BCUT2D eigenvalue weighted by molar-refractivity contribution is -0.122. The van der Waals surface area contributed by atoms with Gasteiger partial charge in [0.15, 0.2) is 0 Å². The number of amides is 2. The van der Waals surface area contributed by atoms with Gasteiger partial charge in [-0.1, -0.05) is 30.3 Å². The molecule has 0 spiro atoms. The lowest BCUT2D eigenvalue weighted by atomic mass is 10.0. The molecule has 1 aromatic rings. The van der Waals surface area contributed by atoms with Gasteiger partial charge in [0.25, 0.3) is 0 Å². The maximum Gasteiger partial charge on any atom is 0.222 e. The fourth-order valence-electron chi connectivity index (χ4n) is 2.58. The fraction of sp³-hybridized carbons (Fsp3) is 0.529. The molecule has 0 radical (unpaired) electrons. The molecule has 120 valence electrons. The number of carbonyl (C=O) groups excluding carboxylic acids is 2. The summed E-state index contributed by atoms with van der Waals surface area (Å²) in [5.41, 5.74) is 1.07. The van der Waals surface area contributed by atoms with Crippen molar-refractivity contribution in [2.24, 2.45) is 5.92 Å². The predicted octanol–water partition coefficient (Wildman–Crippen LogP) is 1.20. The highest BCUT2D eigenvalue weighted by atomic mass is 16.2. The van der Waals surface area contributed by atoms with Gasteiger partial charge in [-0.25, -0.2) is 0 Å². The Bertz CT molecular complexity index is 470. The minimum Gasteiger partial charge on any atom is -0.356 e. The van der Waals surface area contributed by atoms with Crippen LogP contribution in [-0.4, -0.2) is 31.4 Å². The van der Waals surface area contributed by atoms with Crippen molar-refractivity contribution in [1.29, 1.82) is 0 Å². The van der Waals surface area contributed by atoms with Crippen LogP contribution >= 0.6 is 0 Å². The first-order chi connectivity index (χ1) is 10.7. The van der Waals surface area contributed by atoms with E-state index in [4.69, 9.17) is 0 Å². The van der Waals surface area contributed by atoms with Crippen molar-refractivity contribution in [3.63, 3.8) is 0 Å². The van der Waals surface area contributed by atoms with Crippen LogP contribution < -0.4 is 16.0 Å². The normalized spacial score (nSPS) is 17.2. The molecule has 1 unspecified atom stereocenters. The van der Waals surface area contributed by atoms with Gasteiger partial charge in [0.1, 0.15) is 0 Å². The highest BCUT2D eigenvalue weighted by Gasteiger charge is 2.15. The quantitative estimate of drug-likeness (QED) is 0.676. The van der Waals surface area contributed by atoms with Gasteiger partial charge in [-0.05, 0) is 37.4 Å². The van der Waals surface area contributed by atoms with Gasteiger partial charge in [-0.3, -0.25) is 9.59 Å². The van der Waals surface area contributed by atoms with Crippen molar-refractivity contribution in [3.8, 4) is 0 Å². The first-order valence-corrected chi connectivity index (χ1v) is 8.02. The van der Waals surface area contributed by atoms with Crippen molar-refractivity contribution >= 4 is 11.8 Å². The monoisotopic (exact) mass is 303 g/mol. The molecular weight excluding hydrogens is 278 g/mol. The molecule has 0 bridgehead atoms. The maximum atomic E-state index is 11.7. The minimum absolute atomic E-state index is 0.0378. The smallest absolute Gasteiger partial charge is 0.222 e. The summed E-state index contributed by atoms with van der Waals surface area (Å²) in [6, 6.07) is 9.78. The van der Waals surface area contributed by atoms with Gasteiger partial charge < -0.3 is 16.0 Å². The molecule has 5 nitrogen and oxygen atoms in total. The Labute approximate surface area is 131 Å². The highest BCUT2D eigenvalue weighted by Crippen LogP contribution is 2.13. The van der Waals surface area contributed by atoms with Gasteiger partial charge in [0, 0.05) is 25.9 Å². The zero-order valence-corrected chi connectivity index (χ0v) is 12.9. The third-order valence-corrected chi connectivity index (χ3v) is 3.95. The zero-order chi connectivity index (χ0) is 15.6. The van der Waals surface area contributed by atoms with Crippen molar-refractivity contribution in [3.05, 3.63) is 35.9 Å². The van der Waals surface area contributed by atoms with E-state index >= 15 is 0 Å². The molecule has 1 aromatic carbocycles. The summed E-state index contributed by atoms with van der Waals surface area (Å²) in [5.74, 6) is 0.631. The predicted molar refractivity (Wildman–Crippen MR) is 86.1 cm³/mol. The third kappa shape index (κ3) is 6.26. The summed E-state index contributed by atoms with van der Waals surface area (Å²) in [7, 11) is 0. The molecule has 2 amide bonds. The van der Waals surface area contributed by atoms with E-state index in [1.54, 1.807) is 0 Å². The summed E-state index contributed by atoms with van der Waals surface area (Å²) in [5, 5.41) is 8.96. The van der Waals surface area contributed by atoms with Crippen LogP contribution in [0.25, 0.3) is 0 Å². The van der Waals surface area contributed by atoms with Crippen molar-refractivity contribution in [1.82, 2.24) is 16.0 Å². The summed E-state index contributed by atoms with van der Waals surface area (Å²) >= 11 is 0. The van der Waals surface area contributed by atoms with Gasteiger partial charge in [-0.15, -0.1) is 0 Å². The topological polar surface area (TPSA) is 70.2 Å². The van der Waals surface area contributed by atoms with Crippen LogP contribution in [0, 0.1) is 5.92 Å². The summed E-state index contributed by atoms with van der Waals surface area (Å²) < 4.78 is 0. The fourth-order valence-corrected chi connectivity index (χ4v) is 2.58. The molecule has 0 saturated carbocycles. The molecule has 1 fully saturated rings. The second-order valence-electron chi connectivity index (χ2n) is 5.76.